The number of para-hydroxylation sites is 1. The van der Waals surface area contributed by atoms with Crippen LogP contribution in [0.3, 0.4) is 0 Å². The lowest BCUT2D eigenvalue weighted by Crippen LogP contribution is -2.40. The van der Waals surface area contributed by atoms with Gasteiger partial charge >= 0.3 is 0 Å². The summed E-state index contributed by atoms with van der Waals surface area (Å²) in [7, 11) is 3.28. The molecule has 0 spiro atoms. The summed E-state index contributed by atoms with van der Waals surface area (Å²) in [6, 6.07) is 13.5. The lowest BCUT2D eigenvalue weighted by Gasteiger charge is -2.26. The minimum absolute atomic E-state index is 0.0577. The van der Waals surface area contributed by atoms with Gasteiger partial charge in [0.15, 0.2) is 0 Å². The molecule has 2 amide bonds. The van der Waals surface area contributed by atoms with Crippen molar-refractivity contribution in [3.63, 3.8) is 0 Å². The van der Waals surface area contributed by atoms with E-state index >= 15 is 0 Å². The molecule has 2 aromatic rings. The molecule has 7 nitrogen and oxygen atoms in total. The SMILES string of the molecule is CCc1ccccc1NC(=O)CNC(=O)CN1CCC[C@H]1c1cc(OC)ccc1OC. The van der Waals surface area contributed by atoms with Gasteiger partial charge in [-0.3, -0.25) is 14.5 Å². The maximum atomic E-state index is 12.5. The van der Waals surface area contributed by atoms with E-state index in [1.54, 1.807) is 14.2 Å². The Hall–Kier alpha value is -3.06. The highest BCUT2D eigenvalue weighted by Crippen LogP contribution is 2.38. The van der Waals surface area contributed by atoms with E-state index < -0.39 is 0 Å². The zero-order chi connectivity index (χ0) is 22.2. The number of nitrogens with one attached hydrogen (secondary N) is 2. The Balaban J connectivity index is 1.57. The van der Waals surface area contributed by atoms with E-state index in [0.717, 1.165) is 54.1 Å². The van der Waals surface area contributed by atoms with Crippen molar-refractivity contribution in [3.8, 4) is 11.5 Å². The van der Waals surface area contributed by atoms with Crippen LogP contribution in [0.2, 0.25) is 0 Å². The number of nitrogens with zero attached hydrogens (tertiary/aromatic N) is 1. The third-order valence-corrected chi connectivity index (χ3v) is 5.62. The van der Waals surface area contributed by atoms with Crippen molar-refractivity contribution in [1.29, 1.82) is 0 Å². The van der Waals surface area contributed by atoms with Gasteiger partial charge in [0.05, 0.1) is 27.3 Å². The van der Waals surface area contributed by atoms with Crippen molar-refractivity contribution < 1.29 is 19.1 Å². The van der Waals surface area contributed by atoms with E-state index in [9.17, 15) is 9.59 Å². The molecular weight excluding hydrogens is 394 g/mol. The van der Waals surface area contributed by atoms with Gasteiger partial charge in [0.25, 0.3) is 0 Å². The fourth-order valence-electron chi connectivity index (χ4n) is 4.03. The van der Waals surface area contributed by atoms with Crippen LogP contribution in [0.5, 0.6) is 11.5 Å². The molecule has 0 aliphatic carbocycles. The molecule has 1 saturated heterocycles. The summed E-state index contributed by atoms with van der Waals surface area (Å²) in [4.78, 5) is 27.0. The number of hydrogen-bond donors (Lipinski definition) is 2. The van der Waals surface area contributed by atoms with Crippen molar-refractivity contribution in [2.24, 2.45) is 0 Å². The van der Waals surface area contributed by atoms with Crippen molar-refractivity contribution >= 4 is 17.5 Å². The van der Waals surface area contributed by atoms with Gasteiger partial charge in [-0.2, -0.15) is 0 Å². The van der Waals surface area contributed by atoms with Crippen LogP contribution < -0.4 is 20.1 Å². The second kappa shape index (κ2) is 10.8. The van der Waals surface area contributed by atoms with E-state index in [0.29, 0.717) is 0 Å². The van der Waals surface area contributed by atoms with Crippen molar-refractivity contribution in [3.05, 3.63) is 53.6 Å². The van der Waals surface area contributed by atoms with Crippen LogP contribution in [-0.4, -0.2) is 50.6 Å². The smallest absolute Gasteiger partial charge is 0.243 e. The second-order valence-electron chi connectivity index (χ2n) is 7.57. The molecule has 1 aliphatic rings. The Kier molecular flexibility index (Phi) is 7.89. The molecule has 1 fully saturated rings. The zero-order valence-corrected chi connectivity index (χ0v) is 18.4. The van der Waals surface area contributed by atoms with E-state index in [1.807, 2.05) is 49.4 Å². The summed E-state index contributed by atoms with van der Waals surface area (Å²) in [5.41, 5.74) is 2.87. The second-order valence-corrected chi connectivity index (χ2v) is 7.57. The quantitative estimate of drug-likeness (QED) is 0.645. The molecule has 0 unspecified atom stereocenters. The average Bonchev–Trinajstić information content (AvgIpc) is 3.25. The molecular formula is C24H31N3O4. The average molecular weight is 426 g/mol. The first kappa shape index (κ1) is 22.6. The topological polar surface area (TPSA) is 79.9 Å². The molecule has 1 heterocycles. The zero-order valence-electron chi connectivity index (χ0n) is 18.4. The molecule has 166 valence electrons. The molecule has 7 heteroatoms. The number of benzene rings is 2. The van der Waals surface area contributed by atoms with Gasteiger partial charge in [-0.15, -0.1) is 0 Å². The van der Waals surface area contributed by atoms with Gasteiger partial charge in [0, 0.05) is 17.3 Å². The van der Waals surface area contributed by atoms with Crippen LogP contribution in [0.25, 0.3) is 0 Å². The molecule has 1 atom stereocenters. The maximum Gasteiger partial charge on any atom is 0.243 e. The lowest BCUT2D eigenvalue weighted by molar-refractivity contribution is -0.125. The van der Waals surface area contributed by atoms with E-state index in [1.165, 1.54) is 0 Å². The summed E-state index contributed by atoms with van der Waals surface area (Å²) in [5, 5.41) is 5.62. The Morgan fingerprint density at radius 1 is 1.10 bits per heavy atom. The summed E-state index contributed by atoms with van der Waals surface area (Å²) in [6.45, 7) is 3.02. The fraction of sp³-hybridized carbons (Fsp3) is 0.417. The molecule has 3 rings (SSSR count). The Morgan fingerprint density at radius 3 is 2.65 bits per heavy atom. The van der Waals surface area contributed by atoms with Crippen LogP contribution >= 0.6 is 0 Å². The number of hydrogen-bond acceptors (Lipinski definition) is 5. The molecule has 1 aliphatic heterocycles. The third-order valence-electron chi connectivity index (χ3n) is 5.62. The number of methoxy groups -OCH3 is 2. The number of amides is 2. The number of rotatable bonds is 9. The largest absolute Gasteiger partial charge is 0.497 e. The van der Waals surface area contributed by atoms with Gasteiger partial charge < -0.3 is 20.1 Å². The van der Waals surface area contributed by atoms with E-state index in [2.05, 4.69) is 15.5 Å². The van der Waals surface area contributed by atoms with Gasteiger partial charge in [-0.05, 0) is 55.6 Å². The molecule has 2 N–H and O–H groups in total. The number of carbonyl (C=O) groups excluding carboxylic acids is 2. The van der Waals surface area contributed by atoms with Gasteiger partial charge in [-0.25, -0.2) is 0 Å². The monoisotopic (exact) mass is 425 g/mol. The Bertz CT molecular complexity index is 915. The Labute approximate surface area is 183 Å². The first-order valence-corrected chi connectivity index (χ1v) is 10.7. The number of ether oxygens (including phenoxy) is 2. The summed E-state index contributed by atoms with van der Waals surface area (Å²) < 4.78 is 10.9. The van der Waals surface area contributed by atoms with Crippen molar-refractivity contribution in [2.45, 2.75) is 32.2 Å². The lowest BCUT2D eigenvalue weighted by atomic mass is 10.0. The van der Waals surface area contributed by atoms with Crippen LogP contribution in [0.4, 0.5) is 5.69 Å². The molecule has 0 bridgehead atoms. The molecule has 0 aromatic heterocycles. The van der Waals surface area contributed by atoms with Crippen LogP contribution in [0.1, 0.15) is 36.9 Å². The minimum atomic E-state index is -0.235. The highest BCUT2D eigenvalue weighted by Gasteiger charge is 2.30. The summed E-state index contributed by atoms with van der Waals surface area (Å²) in [6.07, 6.45) is 2.75. The summed E-state index contributed by atoms with van der Waals surface area (Å²) in [5.74, 6) is 1.14. The highest BCUT2D eigenvalue weighted by atomic mass is 16.5. The normalized spacial score (nSPS) is 16.0. The van der Waals surface area contributed by atoms with E-state index in [4.69, 9.17) is 9.47 Å². The molecule has 2 aromatic carbocycles. The predicted molar refractivity (Wildman–Crippen MR) is 121 cm³/mol. The Morgan fingerprint density at radius 2 is 1.90 bits per heavy atom. The minimum Gasteiger partial charge on any atom is -0.497 e. The standard InChI is InChI=1S/C24H31N3O4/c1-4-17-8-5-6-9-20(17)26-23(28)15-25-24(29)16-27-13-7-10-21(27)19-14-18(30-2)11-12-22(19)31-3/h5-6,8-9,11-12,14,21H,4,7,10,13,15-16H2,1-3H3,(H,25,29)(H,26,28)/t21-/m0/s1. The fourth-order valence-corrected chi connectivity index (χ4v) is 4.03. The number of carbonyl (C=O) groups is 2. The van der Waals surface area contributed by atoms with E-state index in [-0.39, 0.29) is 30.9 Å². The molecule has 0 radical (unpaired) electrons. The van der Waals surface area contributed by atoms with Gasteiger partial charge in [0.2, 0.25) is 11.8 Å². The van der Waals surface area contributed by atoms with Crippen LogP contribution in [0.15, 0.2) is 42.5 Å². The molecule has 31 heavy (non-hydrogen) atoms. The van der Waals surface area contributed by atoms with Gasteiger partial charge in [0.1, 0.15) is 11.5 Å². The first-order valence-electron chi connectivity index (χ1n) is 10.7. The molecule has 0 saturated carbocycles. The number of anilines is 1. The van der Waals surface area contributed by atoms with Crippen LogP contribution in [0, 0.1) is 0 Å². The first-order chi connectivity index (χ1) is 15.0. The number of aryl methyl sites for hydroxylation is 1. The summed E-state index contributed by atoms with van der Waals surface area (Å²) >= 11 is 0. The van der Waals surface area contributed by atoms with Gasteiger partial charge in [-0.1, -0.05) is 25.1 Å². The maximum absolute atomic E-state index is 12.5. The van der Waals surface area contributed by atoms with Crippen molar-refractivity contribution in [2.75, 3.05) is 39.2 Å². The number of likely N-dealkylation sites (tertiary alicyclic amines) is 1. The predicted octanol–water partition coefficient (Wildman–Crippen LogP) is 3.16. The third kappa shape index (κ3) is 5.76. The van der Waals surface area contributed by atoms with Crippen LogP contribution in [-0.2, 0) is 16.0 Å². The van der Waals surface area contributed by atoms with Crippen molar-refractivity contribution in [1.82, 2.24) is 10.2 Å². The highest BCUT2D eigenvalue weighted by molar-refractivity contribution is 5.95.